The summed E-state index contributed by atoms with van der Waals surface area (Å²) in [4.78, 5) is 2.52. The maximum atomic E-state index is 6.83. The first-order valence-electron chi connectivity index (χ1n) is 24.5. The van der Waals surface area contributed by atoms with E-state index >= 15 is 0 Å². The maximum absolute atomic E-state index is 6.83. The lowest BCUT2D eigenvalue weighted by Crippen LogP contribution is -2.33. The lowest BCUT2D eigenvalue weighted by Gasteiger charge is -2.42. The lowest BCUT2D eigenvalue weighted by atomic mass is 9.65. The highest BCUT2D eigenvalue weighted by atomic mass is 16.5. The second-order valence-corrected chi connectivity index (χ2v) is 19.0. The minimum Gasteiger partial charge on any atom is -0.457 e. The molecule has 4 aliphatic rings. The molecule has 0 saturated carbocycles. The van der Waals surface area contributed by atoms with Crippen molar-refractivity contribution in [1.29, 1.82) is 0 Å². The molecule has 0 saturated heterocycles. The van der Waals surface area contributed by atoms with Gasteiger partial charge in [-0.05, 0) is 116 Å². The van der Waals surface area contributed by atoms with E-state index in [0.29, 0.717) is 0 Å². The predicted molar refractivity (Wildman–Crippen MR) is 287 cm³/mol. The van der Waals surface area contributed by atoms with Crippen LogP contribution in [0.25, 0.3) is 44.5 Å². The van der Waals surface area contributed by atoms with Crippen molar-refractivity contribution < 1.29 is 9.47 Å². The number of benzene rings is 11. The largest absolute Gasteiger partial charge is 0.457 e. The van der Waals surface area contributed by atoms with Crippen molar-refractivity contribution in [3.05, 3.63) is 305 Å². The van der Waals surface area contributed by atoms with Crippen molar-refractivity contribution >= 4 is 17.1 Å². The predicted octanol–water partition coefficient (Wildman–Crippen LogP) is 17.4. The first kappa shape index (κ1) is 39.8. The Morgan fingerprint density at radius 3 is 1.18 bits per heavy atom. The van der Waals surface area contributed by atoms with Gasteiger partial charge in [0.2, 0.25) is 0 Å². The molecule has 0 unspecified atom stereocenters. The maximum Gasteiger partial charge on any atom is 0.132 e. The summed E-state index contributed by atoms with van der Waals surface area (Å²) in [7, 11) is 0. The van der Waals surface area contributed by atoms with Crippen LogP contribution in [0.2, 0.25) is 0 Å². The van der Waals surface area contributed by atoms with Gasteiger partial charge in [-0.2, -0.15) is 0 Å². The zero-order chi connectivity index (χ0) is 46.7. The van der Waals surface area contributed by atoms with E-state index in [2.05, 4.69) is 266 Å². The Balaban J connectivity index is 1.00. The van der Waals surface area contributed by atoms with Gasteiger partial charge in [-0.25, -0.2) is 0 Å². The highest BCUT2D eigenvalue weighted by molar-refractivity contribution is 5.97. The number of hydrogen-bond acceptors (Lipinski definition) is 3. The SMILES string of the molecule is c1ccc(-c2ccc(-c3ccc(N(c4ccc5c(c4)C4(c6ccccc6Oc6ccccc64)c4ccccc4-5)c4cccc5c4C4(c6ccccc6Oc6ccccc64)c4ccccc4-5)cc3)cc2)cc1. The van der Waals surface area contributed by atoms with Crippen LogP contribution in [0.3, 0.4) is 0 Å². The first-order valence-corrected chi connectivity index (χ1v) is 24.5. The number of nitrogens with zero attached hydrogens (tertiary/aromatic N) is 1. The average Bonchev–Trinajstić information content (AvgIpc) is 3.90. The monoisotopic (exact) mass is 905 g/mol. The van der Waals surface area contributed by atoms with Gasteiger partial charge in [0.1, 0.15) is 23.0 Å². The summed E-state index contributed by atoms with van der Waals surface area (Å²) in [5.74, 6) is 3.49. The van der Waals surface area contributed by atoms with Gasteiger partial charge in [-0.15, -0.1) is 0 Å². The van der Waals surface area contributed by atoms with Gasteiger partial charge in [0.25, 0.3) is 0 Å². The number of para-hydroxylation sites is 4. The fourth-order valence-electron chi connectivity index (χ4n) is 12.8. The summed E-state index contributed by atoms with van der Waals surface area (Å²) >= 11 is 0. The minimum atomic E-state index is -0.695. The van der Waals surface area contributed by atoms with Crippen LogP contribution in [0.15, 0.2) is 261 Å². The van der Waals surface area contributed by atoms with Gasteiger partial charge in [0.15, 0.2) is 0 Å². The zero-order valence-corrected chi connectivity index (χ0v) is 38.6. The van der Waals surface area contributed by atoms with Crippen molar-refractivity contribution in [3.8, 4) is 67.5 Å². The van der Waals surface area contributed by atoms with Crippen molar-refractivity contribution in [3.63, 3.8) is 0 Å². The van der Waals surface area contributed by atoms with Crippen molar-refractivity contribution in [2.75, 3.05) is 4.90 Å². The number of fused-ring (bicyclic) bond motifs is 18. The number of anilines is 3. The molecular formula is C68H43NO2. The second kappa shape index (κ2) is 15.2. The molecule has 0 radical (unpaired) electrons. The molecule has 11 aromatic rings. The van der Waals surface area contributed by atoms with E-state index < -0.39 is 10.8 Å². The molecule has 71 heavy (non-hydrogen) atoms. The number of rotatable bonds is 5. The summed E-state index contributed by atoms with van der Waals surface area (Å²) in [5, 5.41) is 0. The van der Waals surface area contributed by atoms with Gasteiger partial charge in [-0.1, -0.05) is 206 Å². The van der Waals surface area contributed by atoms with Gasteiger partial charge in [0, 0.05) is 39.2 Å². The van der Waals surface area contributed by atoms with E-state index in [0.717, 1.165) is 67.9 Å². The van der Waals surface area contributed by atoms with Crippen LogP contribution in [0, 0.1) is 0 Å². The van der Waals surface area contributed by atoms with Gasteiger partial charge >= 0.3 is 0 Å². The fourth-order valence-corrected chi connectivity index (χ4v) is 12.8. The lowest BCUT2D eigenvalue weighted by molar-refractivity contribution is 0.436. The van der Waals surface area contributed by atoms with Crippen LogP contribution in [0.4, 0.5) is 17.1 Å². The molecule has 3 heteroatoms. The van der Waals surface area contributed by atoms with Crippen molar-refractivity contribution in [2.24, 2.45) is 0 Å². The quantitative estimate of drug-likeness (QED) is 0.172. The fraction of sp³-hybridized carbons (Fsp3) is 0.0294. The summed E-state index contributed by atoms with van der Waals surface area (Å²) < 4.78 is 13.6. The van der Waals surface area contributed by atoms with Crippen LogP contribution in [0.1, 0.15) is 44.5 Å². The molecule has 2 heterocycles. The molecule has 0 atom stereocenters. The van der Waals surface area contributed by atoms with Crippen LogP contribution >= 0.6 is 0 Å². The van der Waals surface area contributed by atoms with E-state index in [1.807, 2.05) is 0 Å². The summed E-state index contributed by atoms with van der Waals surface area (Å²) in [5.41, 5.74) is 21.0. The Hall–Kier alpha value is -9.18. The second-order valence-electron chi connectivity index (χ2n) is 19.0. The van der Waals surface area contributed by atoms with E-state index in [1.165, 1.54) is 61.2 Å². The summed E-state index contributed by atoms with van der Waals surface area (Å²) in [6, 6.07) is 95.2. The molecular weight excluding hydrogens is 863 g/mol. The molecule has 2 aliphatic heterocycles. The molecule has 0 fully saturated rings. The number of ether oxygens (including phenoxy) is 2. The Morgan fingerprint density at radius 1 is 0.254 bits per heavy atom. The molecule has 0 bridgehead atoms. The Labute approximate surface area is 413 Å². The third kappa shape index (κ3) is 5.49. The Bertz CT molecular complexity index is 3860. The van der Waals surface area contributed by atoms with Crippen LogP contribution in [-0.4, -0.2) is 0 Å². The highest BCUT2D eigenvalue weighted by Gasteiger charge is 2.54. The average molecular weight is 906 g/mol. The topological polar surface area (TPSA) is 21.7 Å². The van der Waals surface area contributed by atoms with Crippen molar-refractivity contribution in [2.45, 2.75) is 10.8 Å². The van der Waals surface area contributed by atoms with Crippen LogP contribution in [0.5, 0.6) is 23.0 Å². The molecule has 11 aromatic carbocycles. The molecule has 0 aromatic heterocycles. The molecule has 332 valence electrons. The molecule has 2 aliphatic carbocycles. The van der Waals surface area contributed by atoms with E-state index in [-0.39, 0.29) is 0 Å². The molecule has 3 nitrogen and oxygen atoms in total. The molecule has 0 N–H and O–H groups in total. The first-order chi connectivity index (χ1) is 35.2. The van der Waals surface area contributed by atoms with Gasteiger partial charge in [0.05, 0.1) is 16.5 Å². The van der Waals surface area contributed by atoms with Gasteiger partial charge in [-0.3, -0.25) is 0 Å². The third-order valence-electron chi connectivity index (χ3n) is 15.6. The van der Waals surface area contributed by atoms with E-state index in [1.54, 1.807) is 0 Å². The number of hydrogen-bond donors (Lipinski definition) is 0. The van der Waals surface area contributed by atoms with Crippen LogP contribution in [-0.2, 0) is 10.8 Å². The van der Waals surface area contributed by atoms with Crippen LogP contribution < -0.4 is 14.4 Å². The summed E-state index contributed by atoms with van der Waals surface area (Å²) in [6.45, 7) is 0. The van der Waals surface area contributed by atoms with E-state index in [9.17, 15) is 0 Å². The minimum absolute atomic E-state index is 0.635. The molecule has 0 amide bonds. The van der Waals surface area contributed by atoms with Gasteiger partial charge < -0.3 is 14.4 Å². The van der Waals surface area contributed by atoms with E-state index in [4.69, 9.17) is 9.47 Å². The Kier molecular flexibility index (Phi) is 8.49. The summed E-state index contributed by atoms with van der Waals surface area (Å²) in [6.07, 6.45) is 0. The standard InChI is InChI=1S/C68H43NO2/c1-2-17-44(18-3-1)45-33-35-46(36-34-45)47-37-39-48(40-38-47)69(49-41-42-52-50-19-4-6-22-54(50)67(60(52)43-49)56-24-8-12-29-62(56)70-63-30-13-9-25-57(63)67)61-28-16-21-53-51-20-5-7-23-55(51)68(66(53)61)58-26-10-14-31-64(58)71-65-32-15-11-27-59(65)68/h1-43H. The third-order valence-corrected chi connectivity index (χ3v) is 15.6. The smallest absolute Gasteiger partial charge is 0.132 e. The normalized spacial score (nSPS) is 14.1. The zero-order valence-electron chi connectivity index (χ0n) is 38.6. The van der Waals surface area contributed by atoms with Crippen molar-refractivity contribution in [1.82, 2.24) is 0 Å². The molecule has 15 rings (SSSR count). The highest BCUT2D eigenvalue weighted by Crippen LogP contribution is 2.66. The Morgan fingerprint density at radius 2 is 0.634 bits per heavy atom. The molecule has 2 spiro atoms.